The van der Waals surface area contributed by atoms with E-state index in [1.54, 1.807) is 6.92 Å². The summed E-state index contributed by atoms with van der Waals surface area (Å²) >= 11 is 0. The third-order valence-electron chi connectivity index (χ3n) is 7.42. The standard InChI is InChI=1S/C27H29F6N3O/c1-16-10-20-19-4-2-3-5-23(19)34-25(20)26(36(16)7-6-27(31,32)33)24-21(29)11-18(12-22(24)30)37-9-8-35-14-17(13-28)15-35/h2-5,11-12,16-17,26,34H,6-10,13-15H2,1H3/t16-,26+/m1/s1. The number of nitrogens with zero attached hydrogens (tertiary/aromatic N) is 2. The predicted molar refractivity (Wildman–Crippen MR) is 128 cm³/mol. The summed E-state index contributed by atoms with van der Waals surface area (Å²) in [5.74, 6) is -1.72. The molecule has 0 amide bonds. The van der Waals surface area contributed by atoms with Gasteiger partial charge in [0.15, 0.2) is 0 Å². The molecule has 1 N–H and O–H groups in total. The maximum absolute atomic E-state index is 15.5. The molecule has 0 bridgehead atoms. The minimum absolute atomic E-state index is 0.00360. The van der Waals surface area contributed by atoms with Gasteiger partial charge in [0.1, 0.15) is 24.0 Å². The lowest BCUT2D eigenvalue weighted by Crippen LogP contribution is -2.49. The molecule has 1 aromatic heterocycles. The molecule has 2 aliphatic rings. The van der Waals surface area contributed by atoms with Crippen LogP contribution in [0.4, 0.5) is 26.3 Å². The number of alkyl halides is 4. The van der Waals surface area contributed by atoms with E-state index < -0.39 is 36.8 Å². The fraction of sp³-hybridized carbons (Fsp3) is 0.481. The second-order valence-corrected chi connectivity index (χ2v) is 10.1. The van der Waals surface area contributed by atoms with Crippen molar-refractivity contribution >= 4 is 10.9 Å². The third-order valence-corrected chi connectivity index (χ3v) is 7.42. The van der Waals surface area contributed by atoms with Crippen LogP contribution >= 0.6 is 0 Å². The number of para-hydroxylation sites is 1. The van der Waals surface area contributed by atoms with Crippen LogP contribution in [0.5, 0.6) is 5.75 Å². The van der Waals surface area contributed by atoms with Crippen molar-refractivity contribution in [3.05, 3.63) is 64.9 Å². The molecule has 10 heteroatoms. The topological polar surface area (TPSA) is 31.5 Å². The average Bonchev–Trinajstić information content (AvgIpc) is 3.17. The second-order valence-electron chi connectivity index (χ2n) is 10.1. The minimum atomic E-state index is -4.40. The number of ether oxygens (including phenoxy) is 1. The number of rotatable bonds is 8. The van der Waals surface area contributed by atoms with Gasteiger partial charge < -0.3 is 9.72 Å². The van der Waals surface area contributed by atoms with E-state index >= 15 is 8.78 Å². The fourth-order valence-corrected chi connectivity index (χ4v) is 5.58. The molecule has 2 aromatic carbocycles. The molecule has 0 spiro atoms. The van der Waals surface area contributed by atoms with Crippen molar-refractivity contribution in [3.8, 4) is 5.75 Å². The first kappa shape index (κ1) is 25.9. The number of aromatic amines is 1. The zero-order valence-electron chi connectivity index (χ0n) is 20.4. The monoisotopic (exact) mass is 525 g/mol. The number of hydrogen-bond acceptors (Lipinski definition) is 3. The quantitative estimate of drug-likeness (QED) is 0.366. The minimum Gasteiger partial charge on any atom is -0.492 e. The zero-order valence-corrected chi connectivity index (χ0v) is 20.4. The Hall–Kier alpha value is -2.72. The Morgan fingerprint density at radius 1 is 1.05 bits per heavy atom. The first-order valence-corrected chi connectivity index (χ1v) is 12.5. The first-order valence-electron chi connectivity index (χ1n) is 12.5. The molecule has 1 saturated heterocycles. The normalized spacial score (nSPS) is 21.3. The van der Waals surface area contributed by atoms with Crippen LogP contribution in [0.2, 0.25) is 0 Å². The van der Waals surface area contributed by atoms with E-state index in [1.165, 1.54) is 4.90 Å². The van der Waals surface area contributed by atoms with Crippen LogP contribution in [0.1, 0.15) is 36.2 Å². The molecule has 2 aliphatic heterocycles. The van der Waals surface area contributed by atoms with Gasteiger partial charge in [-0.2, -0.15) is 13.2 Å². The number of halogens is 6. The Morgan fingerprint density at radius 3 is 2.43 bits per heavy atom. The molecule has 37 heavy (non-hydrogen) atoms. The van der Waals surface area contributed by atoms with Crippen molar-refractivity contribution in [2.24, 2.45) is 5.92 Å². The maximum Gasteiger partial charge on any atom is 0.390 e. The summed E-state index contributed by atoms with van der Waals surface area (Å²) in [7, 11) is 0. The smallest absolute Gasteiger partial charge is 0.390 e. The lowest BCUT2D eigenvalue weighted by atomic mass is 9.88. The molecule has 3 aromatic rings. The van der Waals surface area contributed by atoms with E-state index in [-0.39, 0.29) is 36.6 Å². The molecule has 1 fully saturated rings. The fourth-order valence-electron chi connectivity index (χ4n) is 5.58. The van der Waals surface area contributed by atoms with Gasteiger partial charge in [-0.3, -0.25) is 14.2 Å². The van der Waals surface area contributed by atoms with Crippen molar-refractivity contribution in [3.63, 3.8) is 0 Å². The Bertz CT molecular complexity index is 1230. The molecule has 0 saturated carbocycles. The van der Waals surface area contributed by atoms with Gasteiger partial charge >= 0.3 is 6.18 Å². The Morgan fingerprint density at radius 2 is 1.76 bits per heavy atom. The SMILES string of the molecule is C[C@@H]1Cc2c([nH]c3ccccc23)[C@H](c2c(F)cc(OCCN3CC(CF)C3)cc2F)N1CCC(F)(F)F. The predicted octanol–water partition coefficient (Wildman–Crippen LogP) is 6.01. The summed E-state index contributed by atoms with van der Waals surface area (Å²) in [6, 6.07) is 8.17. The van der Waals surface area contributed by atoms with E-state index in [0.717, 1.165) is 28.6 Å². The van der Waals surface area contributed by atoms with Crippen LogP contribution in [0, 0.1) is 17.6 Å². The van der Waals surface area contributed by atoms with Crippen LogP contribution in [0.25, 0.3) is 10.9 Å². The number of likely N-dealkylation sites (tertiary alicyclic amines) is 1. The summed E-state index contributed by atoms with van der Waals surface area (Å²) in [6.45, 7) is 2.96. The molecule has 5 rings (SSSR count). The van der Waals surface area contributed by atoms with Crippen LogP contribution in [-0.4, -0.2) is 66.5 Å². The lowest BCUT2D eigenvalue weighted by Gasteiger charge is -2.41. The Balaban J connectivity index is 1.45. The maximum atomic E-state index is 15.5. The van der Waals surface area contributed by atoms with Gasteiger partial charge in [0, 0.05) is 72.4 Å². The van der Waals surface area contributed by atoms with Gasteiger partial charge in [0.2, 0.25) is 0 Å². The molecule has 0 aliphatic carbocycles. The highest BCUT2D eigenvalue weighted by atomic mass is 19.4. The highest BCUT2D eigenvalue weighted by Gasteiger charge is 2.40. The molecule has 4 nitrogen and oxygen atoms in total. The van der Waals surface area contributed by atoms with Crippen molar-refractivity contribution in [1.29, 1.82) is 0 Å². The van der Waals surface area contributed by atoms with E-state index in [0.29, 0.717) is 31.7 Å². The summed E-state index contributed by atoms with van der Waals surface area (Å²) in [4.78, 5) is 6.75. The first-order chi connectivity index (χ1) is 17.6. The average molecular weight is 526 g/mol. The van der Waals surface area contributed by atoms with Crippen LogP contribution in [-0.2, 0) is 6.42 Å². The van der Waals surface area contributed by atoms with Crippen LogP contribution < -0.4 is 4.74 Å². The van der Waals surface area contributed by atoms with Gasteiger partial charge in [-0.15, -0.1) is 0 Å². The second kappa shape index (κ2) is 10.2. The highest BCUT2D eigenvalue weighted by molar-refractivity contribution is 5.85. The van der Waals surface area contributed by atoms with E-state index in [2.05, 4.69) is 4.98 Å². The summed E-state index contributed by atoms with van der Waals surface area (Å²) in [5.41, 5.74) is 1.83. The van der Waals surface area contributed by atoms with Gasteiger partial charge in [-0.05, 0) is 25.0 Å². The number of hydrogen-bond donors (Lipinski definition) is 1. The third kappa shape index (κ3) is 5.31. The molecule has 200 valence electrons. The van der Waals surface area contributed by atoms with Gasteiger partial charge in [-0.1, -0.05) is 18.2 Å². The van der Waals surface area contributed by atoms with Gasteiger partial charge in [-0.25, -0.2) is 8.78 Å². The largest absolute Gasteiger partial charge is 0.492 e. The van der Waals surface area contributed by atoms with E-state index in [4.69, 9.17) is 4.74 Å². The number of H-pyrrole nitrogens is 1. The number of fused-ring (bicyclic) bond motifs is 3. The van der Waals surface area contributed by atoms with Crippen molar-refractivity contribution in [1.82, 2.24) is 14.8 Å². The molecule has 0 radical (unpaired) electrons. The Labute approximate surface area is 211 Å². The zero-order chi connectivity index (χ0) is 26.3. The molecular formula is C27H29F6N3O. The van der Waals surface area contributed by atoms with Gasteiger partial charge in [0.25, 0.3) is 0 Å². The van der Waals surface area contributed by atoms with E-state index in [1.807, 2.05) is 29.2 Å². The lowest BCUT2D eigenvalue weighted by molar-refractivity contribution is -0.140. The highest BCUT2D eigenvalue weighted by Crippen LogP contribution is 2.43. The molecule has 3 heterocycles. The van der Waals surface area contributed by atoms with Gasteiger partial charge in [0.05, 0.1) is 19.1 Å². The summed E-state index contributed by atoms with van der Waals surface area (Å²) < 4.78 is 88.7. The number of nitrogens with one attached hydrogen (secondary N) is 1. The number of aromatic nitrogens is 1. The molecule has 2 atom stereocenters. The summed E-state index contributed by atoms with van der Waals surface area (Å²) in [6.07, 6.45) is -5.04. The van der Waals surface area contributed by atoms with Crippen LogP contribution in [0.15, 0.2) is 36.4 Å². The van der Waals surface area contributed by atoms with Crippen molar-refractivity contribution in [2.45, 2.75) is 38.0 Å². The number of benzene rings is 2. The summed E-state index contributed by atoms with van der Waals surface area (Å²) in [5, 5.41) is 0.895. The molecule has 0 unspecified atom stereocenters. The Kier molecular flexibility index (Phi) is 7.15. The molecular weight excluding hydrogens is 496 g/mol. The van der Waals surface area contributed by atoms with Crippen LogP contribution in [0.3, 0.4) is 0 Å². The van der Waals surface area contributed by atoms with Crippen molar-refractivity contribution in [2.75, 3.05) is 39.5 Å². The van der Waals surface area contributed by atoms with Crippen molar-refractivity contribution < 1.29 is 31.1 Å². The van der Waals surface area contributed by atoms with E-state index in [9.17, 15) is 17.6 Å².